The molecule has 1 N–H and O–H groups in total. The van der Waals surface area contributed by atoms with Crippen LogP contribution >= 0.6 is 11.8 Å². The fourth-order valence-electron chi connectivity index (χ4n) is 1.68. The van der Waals surface area contributed by atoms with E-state index < -0.39 is 0 Å². The molecule has 0 radical (unpaired) electrons. The molecule has 2 nitrogen and oxygen atoms in total. The number of hydrogen-bond donors (Lipinski definition) is 1. The highest BCUT2D eigenvalue weighted by atomic mass is 32.2. The Morgan fingerprint density at radius 2 is 2.29 bits per heavy atom. The minimum Gasteiger partial charge on any atom is -0.312 e. The first kappa shape index (κ1) is 9.99. The molecule has 3 heteroatoms. The number of thioether (sulfide) groups is 1. The lowest BCUT2D eigenvalue weighted by atomic mass is 10.2. The van der Waals surface area contributed by atoms with E-state index in [9.17, 15) is 0 Å². The van der Waals surface area contributed by atoms with E-state index in [-0.39, 0.29) is 0 Å². The summed E-state index contributed by atoms with van der Waals surface area (Å²) in [6, 6.07) is 4.13. The molecule has 2 heterocycles. The van der Waals surface area contributed by atoms with Crippen LogP contribution in [0.4, 0.5) is 0 Å². The van der Waals surface area contributed by atoms with E-state index in [4.69, 9.17) is 0 Å². The molecule has 2 rings (SSSR count). The smallest absolute Gasteiger partial charge is 0.0271 e. The van der Waals surface area contributed by atoms with Gasteiger partial charge in [-0.05, 0) is 36.3 Å². The SMILES string of the molecule is c1cc(CNCC2CCCS2)ccn1. The van der Waals surface area contributed by atoms with Gasteiger partial charge in [-0.15, -0.1) is 0 Å². The molecular weight excluding hydrogens is 192 g/mol. The van der Waals surface area contributed by atoms with Gasteiger partial charge in [0.2, 0.25) is 0 Å². The van der Waals surface area contributed by atoms with E-state index in [2.05, 4.69) is 34.2 Å². The van der Waals surface area contributed by atoms with Crippen LogP contribution in [0.1, 0.15) is 18.4 Å². The summed E-state index contributed by atoms with van der Waals surface area (Å²) in [6.45, 7) is 2.12. The van der Waals surface area contributed by atoms with Gasteiger partial charge >= 0.3 is 0 Å². The third-order valence-electron chi connectivity index (χ3n) is 2.47. The molecule has 1 aromatic rings. The predicted molar refractivity (Wildman–Crippen MR) is 61.4 cm³/mol. The molecule has 1 aliphatic rings. The number of hydrogen-bond acceptors (Lipinski definition) is 3. The van der Waals surface area contributed by atoms with Gasteiger partial charge in [0.1, 0.15) is 0 Å². The maximum absolute atomic E-state index is 4.00. The van der Waals surface area contributed by atoms with Gasteiger partial charge in [-0.1, -0.05) is 0 Å². The van der Waals surface area contributed by atoms with Crippen molar-refractivity contribution in [1.29, 1.82) is 0 Å². The van der Waals surface area contributed by atoms with E-state index in [0.29, 0.717) is 0 Å². The molecule has 1 atom stereocenters. The molecule has 76 valence electrons. The lowest BCUT2D eigenvalue weighted by molar-refractivity contribution is 0.645. The first-order chi connectivity index (χ1) is 6.95. The second-order valence-corrected chi connectivity index (χ2v) is 5.03. The molecule has 1 aromatic heterocycles. The fourth-order valence-corrected chi connectivity index (χ4v) is 2.92. The molecule has 0 saturated carbocycles. The van der Waals surface area contributed by atoms with Gasteiger partial charge in [0.15, 0.2) is 0 Å². The lowest BCUT2D eigenvalue weighted by Gasteiger charge is -2.09. The highest BCUT2D eigenvalue weighted by molar-refractivity contribution is 8.00. The van der Waals surface area contributed by atoms with Crippen LogP contribution in [0.15, 0.2) is 24.5 Å². The van der Waals surface area contributed by atoms with Crippen LogP contribution in [0.3, 0.4) is 0 Å². The topological polar surface area (TPSA) is 24.9 Å². The highest BCUT2D eigenvalue weighted by Crippen LogP contribution is 2.25. The quantitative estimate of drug-likeness (QED) is 0.820. The van der Waals surface area contributed by atoms with E-state index in [1.54, 1.807) is 0 Å². The van der Waals surface area contributed by atoms with Crippen LogP contribution in [0.25, 0.3) is 0 Å². The number of aromatic nitrogens is 1. The number of nitrogens with one attached hydrogen (secondary N) is 1. The Bertz CT molecular complexity index is 257. The van der Waals surface area contributed by atoms with Crippen LogP contribution in [0.5, 0.6) is 0 Å². The third kappa shape index (κ3) is 3.00. The van der Waals surface area contributed by atoms with Crippen molar-refractivity contribution in [3.8, 4) is 0 Å². The van der Waals surface area contributed by atoms with E-state index in [1.165, 1.54) is 24.2 Å². The van der Waals surface area contributed by atoms with Crippen molar-refractivity contribution in [2.24, 2.45) is 0 Å². The molecule has 1 fully saturated rings. The summed E-state index contributed by atoms with van der Waals surface area (Å²) in [5.41, 5.74) is 1.32. The van der Waals surface area contributed by atoms with Crippen LogP contribution in [0.2, 0.25) is 0 Å². The van der Waals surface area contributed by atoms with Crippen LogP contribution in [-0.4, -0.2) is 22.5 Å². The Hall–Kier alpha value is -0.540. The summed E-state index contributed by atoms with van der Waals surface area (Å²) in [5.74, 6) is 1.35. The van der Waals surface area contributed by atoms with E-state index in [1.807, 2.05) is 12.4 Å². The van der Waals surface area contributed by atoms with Crippen LogP contribution in [0, 0.1) is 0 Å². The molecule has 0 aromatic carbocycles. The summed E-state index contributed by atoms with van der Waals surface area (Å²) in [4.78, 5) is 4.00. The first-order valence-corrected chi connectivity index (χ1v) is 6.21. The largest absolute Gasteiger partial charge is 0.312 e. The summed E-state index contributed by atoms with van der Waals surface area (Å²) in [5, 5.41) is 4.34. The summed E-state index contributed by atoms with van der Waals surface area (Å²) in [6.07, 6.45) is 6.48. The minimum absolute atomic E-state index is 0.844. The summed E-state index contributed by atoms with van der Waals surface area (Å²) < 4.78 is 0. The molecule has 14 heavy (non-hydrogen) atoms. The Morgan fingerprint density at radius 1 is 1.43 bits per heavy atom. The average Bonchev–Trinajstić information content (AvgIpc) is 2.72. The maximum Gasteiger partial charge on any atom is 0.0271 e. The molecule has 0 bridgehead atoms. The van der Waals surface area contributed by atoms with Crippen LogP contribution < -0.4 is 5.32 Å². The average molecular weight is 208 g/mol. The summed E-state index contributed by atoms with van der Waals surface area (Å²) >= 11 is 2.10. The molecule has 1 saturated heterocycles. The molecule has 0 amide bonds. The Balaban J connectivity index is 1.67. The van der Waals surface area contributed by atoms with Gasteiger partial charge in [-0.2, -0.15) is 11.8 Å². The van der Waals surface area contributed by atoms with Crippen molar-refractivity contribution >= 4 is 11.8 Å². The Morgan fingerprint density at radius 3 is 3.00 bits per heavy atom. The van der Waals surface area contributed by atoms with Gasteiger partial charge in [0.25, 0.3) is 0 Å². The molecular formula is C11H16N2S. The molecule has 0 aliphatic carbocycles. The Labute approximate surface area is 89.5 Å². The van der Waals surface area contributed by atoms with Crippen molar-refractivity contribution in [3.63, 3.8) is 0 Å². The second-order valence-electron chi connectivity index (χ2n) is 3.62. The van der Waals surface area contributed by atoms with Gasteiger partial charge in [-0.3, -0.25) is 4.98 Å². The maximum atomic E-state index is 4.00. The van der Waals surface area contributed by atoms with Crippen molar-refractivity contribution in [3.05, 3.63) is 30.1 Å². The second kappa shape index (κ2) is 5.37. The monoisotopic (exact) mass is 208 g/mol. The molecule has 0 spiro atoms. The van der Waals surface area contributed by atoms with Crippen molar-refractivity contribution in [1.82, 2.24) is 10.3 Å². The van der Waals surface area contributed by atoms with Crippen molar-refractivity contribution in [2.75, 3.05) is 12.3 Å². The first-order valence-electron chi connectivity index (χ1n) is 5.16. The number of rotatable bonds is 4. The van der Waals surface area contributed by atoms with Gasteiger partial charge in [-0.25, -0.2) is 0 Å². The molecule has 1 unspecified atom stereocenters. The third-order valence-corrected chi connectivity index (χ3v) is 3.87. The minimum atomic E-state index is 0.844. The number of pyridine rings is 1. The fraction of sp³-hybridized carbons (Fsp3) is 0.545. The zero-order chi connectivity index (χ0) is 9.64. The van der Waals surface area contributed by atoms with E-state index in [0.717, 1.165) is 18.3 Å². The Kier molecular flexibility index (Phi) is 3.83. The highest BCUT2D eigenvalue weighted by Gasteiger charge is 2.14. The summed E-state index contributed by atoms with van der Waals surface area (Å²) in [7, 11) is 0. The zero-order valence-electron chi connectivity index (χ0n) is 8.28. The van der Waals surface area contributed by atoms with Crippen molar-refractivity contribution in [2.45, 2.75) is 24.6 Å². The van der Waals surface area contributed by atoms with Crippen LogP contribution in [-0.2, 0) is 6.54 Å². The predicted octanol–water partition coefficient (Wildman–Crippen LogP) is 2.07. The lowest BCUT2D eigenvalue weighted by Crippen LogP contribution is -2.22. The van der Waals surface area contributed by atoms with E-state index >= 15 is 0 Å². The molecule has 1 aliphatic heterocycles. The van der Waals surface area contributed by atoms with Crippen molar-refractivity contribution < 1.29 is 0 Å². The number of nitrogens with zero attached hydrogens (tertiary/aromatic N) is 1. The van der Waals surface area contributed by atoms with Gasteiger partial charge in [0, 0.05) is 30.7 Å². The van der Waals surface area contributed by atoms with Gasteiger partial charge in [0.05, 0.1) is 0 Å². The normalized spacial score (nSPS) is 21.3. The zero-order valence-corrected chi connectivity index (χ0v) is 9.09. The van der Waals surface area contributed by atoms with Gasteiger partial charge < -0.3 is 5.32 Å². The standard InChI is InChI=1S/C11H16N2S/c1-2-11(14-7-1)9-13-8-10-3-5-12-6-4-10/h3-6,11,13H,1-2,7-9H2.